The van der Waals surface area contributed by atoms with Gasteiger partial charge in [0.1, 0.15) is 18.0 Å². The number of ether oxygens (including phenoxy) is 1. The summed E-state index contributed by atoms with van der Waals surface area (Å²) < 4.78 is 5.04. The van der Waals surface area contributed by atoms with Crippen molar-refractivity contribution in [1.29, 1.82) is 0 Å². The molecule has 3 N–H and O–H groups in total. The number of benzene rings is 3. The van der Waals surface area contributed by atoms with Crippen LogP contribution in [0.1, 0.15) is 53.7 Å². The van der Waals surface area contributed by atoms with Crippen LogP contribution in [0.15, 0.2) is 72.8 Å². The Balaban J connectivity index is 1.58. The summed E-state index contributed by atoms with van der Waals surface area (Å²) in [6.07, 6.45) is 0.870. The quantitative estimate of drug-likeness (QED) is 0.423. The fourth-order valence-corrected chi connectivity index (χ4v) is 4.48. The van der Waals surface area contributed by atoms with Gasteiger partial charge in [0.2, 0.25) is 0 Å². The number of hydrogen-bond donors (Lipinski definition) is 3. The molecule has 6 heteroatoms. The summed E-state index contributed by atoms with van der Waals surface area (Å²) in [5, 5.41) is 24.2. The average Bonchev–Trinajstić information content (AvgIpc) is 3.19. The highest BCUT2D eigenvalue weighted by Crippen LogP contribution is 2.36. The lowest BCUT2D eigenvalue weighted by molar-refractivity contribution is -0.137. The first-order valence-corrected chi connectivity index (χ1v) is 11.3. The minimum atomic E-state index is -1.66. The van der Waals surface area contributed by atoms with Gasteiger partial charge in [0.05, 0.1) is 5.56 Å². The number of cyclic esters (lactones) is 1. The van der Waals surface area contributed by atoms with Crippen LogP contribution in [0.3, 0.4) is 0 Å². The lowest BCUT2D eigenvalue weighted by Crippen LogP contribution is -2.47. The monoisotopic (exact) mass is 459 g/mol. The predicted molar refractivity (Wildman–Crippen MR) is 130 cm³/mol. The Bertz CT molecular complexity index is 1190. The maximum Gasteiger partial charge on any atom is 0.338 e. The van der Waals surface area contributed by atoms with E-state index in [1.165, 1.54) is 0 Å². The first-order chi connectivity index (χ1) is 16.2. The second kappa shape index (κ2) is 9.31. The topological polar surface area (TPSA) is 95.9 Å². The molecule has 0 saturated heterocycles. The summed E-state index contributed by atoms with van der Waals surface area (Å²) in [4.78, 5) is 25.2. The fourth-order valence-electron chi connectivity index (χ4n) is 4.48. The second-order valence-electron chi connectivity index (χ2n) is 9.53. The molecule has 0 bridgehead atoms. The Morgan fingerprint density at radius 2 is 1.74 bits per heavy atom. The minimum Gasteiger partial charge on any atom is -0.508 e. The van der Waals surface area contributed by atoms with E-state index in [4.69, 9.17) is 4.74 Å². The first-order valence-electron chi connectivity index (χ1n) is 11.3. The lowest BCUT2D eigenvalue weighted by Gasteiger charge is -2.36. The maximum absolute atomic E-state index is 13.5. The number of esters is 1. The number of carbonyl (C=O) groups is 2. The molecule has 3 aromatic carbocycles. The molecule has 1 atom stereocenters. The summed E-state index contributed by atoms with van der Waals surface area (Å²) in [5.74, 6) is -0.704. The number of carbonyl (C=O) groups excluding carboxylic acids is 2. The van der Waals surface area contributed by atoms with Gasteiger partial charge in [-0.2, -0.15) is 0 Å². The number of aromatic hydroxyl groups is 1. The van der Waals surface area contributed by atoms with E-state index >= 15 is 0 Å². The molecule has 3 aromatic rings. The normalized spacial score (nSPS) is 14.7. The van der Waals surface area contributed by atoms with Gasteiger partial charge in [-0.15, -0.1) is 0 Å². The molecule has 1 heterocycles. The smallest absolute Gasteiger partial charge is 0.338 e. The summed E-state index contributed by atoms with van der Waals surface area (Å²) in [6.45, 7) is 4.20. The van der Waals surface area contributed by atoms with Gasteiger partial charge >= 0.3 is 5.97 Å². The Hall–Kier alpha value is -3.64. The third kappa shape index (κ3) is 5.13. The number of rotatable bonds is 8. The van der Waals surface area contributed by atoms with Crippen molar-refractivity contribution in [3.8, 4) is 5.75 Å². The van der Waals surface area contributed by atoms with Crippen molar-refractivity contribution in [1.82, 2.24) is 0 Å². The van der Waals surface area contributed by atoms with Crippen molar-refractivity contribution in [2.45, 2.75) is 50.7 Å². The van der Waals surface area contributed by atoms with Crippen molar-refractivity contribution in [2.24, 2.45) is 0 Å². The van der Waals surface area contributed by atoms with Crippen molar-refractivity contribution in [3.63, 3.8) is 0 Å². The summed E-state index contributed by atoms with van der Waals surface area (Å²) >= 11 is 0. The molecule has 1 aliphatic rings. The van der Waals surface area contributed by atoms with Crippen LogP contribution in [0.25, 0.3) is 0 Å². The van der Waals surface area contributed by atoms with Crippen LogP contribution in [0.4, 0.5) is 5.69 Å². The molecule has 0 radical (unpaired) electrons. The predicted octanol–water partition coefficient (Wildman–Crippen LogP) is 4.73. The third-order valence-electron chi connectivity index (χ3n) is 6.42. The standard InChI is InChI=1S/C28H29NO5/c1-27(2,21-6-4-3-5-7-21)18-28(33,15-14-19-8-11-23(30)12-9-19)26(32)29-22-10-13-24-20(16-22)17-34-25(24)31/h3-13,16,30,33H,14-15,17-18H2,1-2H3,(H,29,32). The summed E-state index contributed by atoms with van der Waals surface area (Å²) in [7, 11) is 0. The van der Waals surface area contributed by atoms with Gasteiger partial charge in [0, 0.05) is 11.3 Å². The largest absolute Gasteiger partial charge is 0.508 e. The molecule has 6 nitrogen and oxygen atoms in total. The van der Waals surface area contributed by atoms with Crippen molar-refractivity contribution < 1.29 is 24.5 Å². The van der Waals surface area contributed by atoms with E-state index in [0.717, 1.165) is 11.1 Å². The molecular formula is C28H29NO5. The fraction of sp³-hybridized carbons (Fsp3) is 0.286. The van der Waals surface area contributed by atoms with Crippen LogP contribution in [0, 0.1) is 0 Å². The lowest BCUT2D eigenvalue weighted by atomic mass is 9.73. The molecule has 1 aliphatic heterocycles. The molecule has 0 aliphatic carbocycles. The van der Waals surface area contributed by atoms with Gasteiger partial charge in [-0.05, 0) is 66.1 Å². The van der Waals surface area contributed by atoms with Crippen LogP contribution in [0.2, 0.25) is 0 Å². The second-order valence-corrected chi connectivity index (χ2v) is 9.53. The SMILES string of the molecule is CC(C)(CC(O)(CCc1ccc(O)cc1)C(=O)Nc1ccc2c(c1)COC2=O)c1ccccc1. The van der Waals surface area contributed by atoms with Gasteiger partial charge < -0.3 is 20.3 Å². The summed E-state index contributed by atoms with van der Waals surface area (Å²) in [6, 6.07) is 21.6. The van der Waals surface area contributed by atoms with E-state index in [1.54, 1.807) is 42.5 Å². The molecule has 0 saturated carbocycles. The Morgan fingerprint density at radius 1 is 1.03 bits per heavy atom. The van der Waals surface area contributed by atoms with Gasteiger partial charge in [-0.25, -0.2) is 4.79 Å². The van der Waals surface area contributed by atoms with E-state index in [9.17, 15) is 19.8 Å². The zero-order valence-electron chi connectivity index (χ0n) is 19.4. The molecule has 0 spiro atoms. The zero-order chi connectivity index (χ0) is 24.3. The van der Waals surface area contributed by atoms with Gasteiger partial charge in [0.15, 0.2) is 0 Å². The average molecular weight is 460 g/mol. The van der Waals surface area contributed by atoms with Crippen molar-refractivity contribution in [2.75, 3.05) is 5.32 Å². The van der Waals surface area contributed by atoms with Crippen molar-refractivity contribution in [3.05, 3.63) is 95.1 Å². The third-order valence-corrected chi connectivity index (χ3v) is 6.42. The van der Waals surface area contributed by atoms with Crippen LogP contribution in [-0.2, 0) is 28.0 Å². The van der Waals surface area contributed by atoms with E-state index in [-0.39, 0.29) is 31.2 Å². The number of aliphatic hydroxyl groups is 1. The van der Waals surface area contributed by atoms with Crippen molar-refractivity contribution >= 4 is 17.6 Å². The number of nitrogens with one attached hydrogen (secondary N) is 1. The number of phenolic OH excluding ortho intramolecular Hbond substituents is 1. The Kier molecular flexibility index (Phi) is 6.44. The molecule has 4 rings (SSSR count). The van der Waals surface area contributed by atoms with Crippen LogP contribution in [-0.4, -0.2) is 27.7 Å². The van der Waals surface area contributed by atoms with E-state index in [1.807, 2.05) is 44.2 Å². The molecule has 0 aromatic heterocycles. The molecule has 0 fully saturated rings. The van der Waals surface area contributed by atoms with Gasteiger partial charge in [-0.3, -0.25) is 4.79 Å². The molecule has 1 unspecified atom stereocenters. The highest BCUT2D eigenvalue weighted by molar-refractivity contribution is 5.99. The Labute approximate surface area is 199 Å². The highest BCUT2D eigenvalue weighted by Gasteiger charge is 2.41. The number of anilines is 1. The van der Waals surface area contributed by atoms with E-state index < -0.39 is 16.9 Å². The molecule has 176 valence electrons. The van der Waals surface area contributed by atoms with Gasteiger partial charge in [-0.1, -0.05) is 56.3 Å². The number of aryl methyl sites for hydroxylation is 1. The van der Waals surface area contributed by atoms with Crippen LogP contribution < -0.4 is 5.32 Å². The summed E-state index contributed by atoms with van der Waals surface area (Å²) in [5.41, 5.74) is 1.51. The van der Waals surface area contributed by atoms with Gasteiger partial charge in [0.25, 0.3) is 5.91 Å². The number of fused-ring (bicyclic) bond motifs is 1. The molecule has 34 heavy (non-hydrogen) atoms. The Morgan fingerprint density at radius 3 is 2.44 bits per heavy atom. The first kappa shape index (κ1) is 23.5. The molecule has 1 amide bonds. The number of amides is 1. The van der Waals surface area contributed by atoms with Crippen LogP contribution >= 0.6 is 0 Å². The maximum atomic E-state index is 13.5. The number of hydrogen-bond acceptors (Lipinski definition) is 5. The van der Waals surface area contributed by atoms with E-state index in [0.29, 0.717) is 23.2 Å². The minimum absolute atomic E-state index is 0.168. The van der Waals surface area contributed by atoms with Crippen LogP contribution in [0.5, 0.6) is 5.75 Å². The van der Waals surface area contributed by atoms with E-state index in [2.05, 4.69) is 5.32 Å². The zero-order valence-corrected chi connectivity index (χ0v) is 19.4. The number of phenols is 1. The molecular weight excluding hydrogens is 430 g/mol. The highest BCUT2D eigenvalue weighted by atomic mass is 16.5.